The number of esters is 1. The zero-order valence-corrected chi connectivity index (χ0v) is 12.8. The SMILES string of the molecule is CCNCC1CCN(c2ncc(C(=O)OCC)cn2)CC1. The number of ether oxygens (including phenoxy) is 1. The Bertz CT molecular complexity index is 441. The maximum absolute atomic E-state index is 11.6. The highest BCUT2D eigenvalue weighted by atomic mass is 16.5. The van der Waals surface area contributed by atoms with Crippen LogP contribution in [-0.2, 0) is 4.74 Å². The summed E-state index contributed by atoms with van der Waals surface area (Å²) in [7, 11) is 0. The molecule has 0 bridgehead atoms. The Kier molecular flexibility index (Phi) is 5.92. The van der Waals surface area contributed by atoms with Crippen molar-refractivity contribution in [3.05, 3.63) is 18.0 Å². The Hall–Kier alpha value is -1.69. The Morgan fingerprint density at radius 1 is 1.33 bits per heavy atom. The van der Waals surface area contributed by atoms with E-state index in [2.05, 4.69) is 27.1 Å². The second-order valence-electron chi connectivity index (χ2n) is 5.23. The van der Waals surface area contributed by atoms with Gasteiger partial charge in [-0.2, -0.15) is 0 Å². The highest BCUT2D eigenvalue weighted by Crippen LogP contribution is 2.20. The van der Waals surface area contributed by atoms with Gasteiger partial charge in [0.25, 0.3) is 0 Å². The van der Waals surface area contributed by atoms with Gasteiger partial charge in [-0.3, -0.25) is 0 Å². The predicted octanol–water partition coefficient (Wildman–Crippen LogP) is 1.48. The van der Waals surface area contributed by atoms with Gasteiger partial charge in [0.2, 0.25) is 5.95 Å². The fraction of sp³-hybridized carbons (Fsp3) is 0.667. The number of nitrogens with zero attached hydrogens (tertiary/aromatic N) is 3. The summed E-state index contributed by atoms with van der Waals surface area (Å²) in [5.41, 5.74) is 0.405. The van der Waals surface area contributed by atoms with Crippen LogP contribution in [0.3, 0.4) is 0 Å². The van der Waals surface area contributed by atoms with Crippen LogP contribution in [0.5, 0.6) is 0 Å². The topological polar surface area (TPSA) is 67.4 Å². The van der Waals surface area contributed by atoms with Crippen molar-refractivity contribution in [3.8, 4) is 0 Å². The summed E-state index contributed by atoms with van der Waals surface area (Å²) < 4.78 is 4.93. The minimum Gasteiger partial charge on any atom is -0.462 e. The second kappa shape index (κ2) is 7.93. The van der Waals surface area contributed by atoms with Gasteiger partial charge in [0.1, 0.15) is 0 Å². The molecule has 6 nitrogen and oxygen atoms in total. The quantitative estimate of drug-likeness (QED) is 0.801. The first-order chi connectivity index (χ1) is 10.2. The van der Waals surface area contributed by atoms with E-state index in [1.165, 1.54) is 0 Å². The summed E-state index contributed by atoms with van der Waals surface area (Å²) in [6.07, 6.45) is 5.39. The number of hydrogen-bond donors (Lipinski definition) is 1. The molecule has 0 atom stereocenters. The van der Waals surface area contributed by atoms with E-state index >= 15 is 0 Å². The molecular formula is C15H24N4O2. The van der Waals surface area contributed by atoms with Crippen LogP contribution >= 0.6 is 0 Å². The first kappa shape index (κ1) is 15.7. The molecular weight excluding hydrogens is 268 g/mol. The maximum atomic E-state index is 11.6. The molecule has 1 fully saturated rings. The first-order valence-corrected chi connectivity index (χ1v) is 7.69. The van der Waals surface area contributed by atoms with Gasteiger partial charge < -0.3 is 15.0 Å². The molecule has 1 aromatic heterocycles. The minimum atomic E-state index is -0.367. The molecule has 0 saturated carbocycles. The number of carbonyl (C=O) groups is 1. The zero-order chi connectivity index (χ0) is 15.1. The van der Waals surface area contributed by atoms with Gasteiger partial charge >= 0.3 is 5.97 Å². The maximum Gasteiger partial charge on any atom is 0.341 e. The van der Waals surface area contributed by atoms with Crippen LogP contribution in [0.25, 0.3) is 0 Å². The van der Waals surface area contributed by atoms with E-state index in [4.69, 9.17) is 4.74 Å². The summed E-state index contributed by atoms with van der Waals surface area (Å²) in [6.45, 7) is 8.33. The largest absolute Gasteiger partial charge is 0.462 e. The van der Waals surface area contributed by atoms with Crippen LogP contribution in [0, 0.1) is 5.92 Å². The van der Waals surface area contributed by atoms with E-state index in [-0.39, 0.29) is 5.97 Å². The Balaban J connectivity index is 1.87. The van der Waals surface area contributed by atoms with Crippen molar-refractivity contribution < 1.29 is 9.53 Å². The van der Waals surface area contributed by atoms with Gasteiger partial charge in [-0.05, 0) is 38.8 Å². The van der Waals surface area contributed by atoms with Crippen molar-refractivity contribution in [2.24, 2.45) is 5.92 Å². The number of nitrogens with one attached hydrogen (secondary N) is 1. The highest BCUT2D eigenvalue weighted by Gasteiger charge is 2.20. The van der Waals surface area contributed by atoms with Crippen molar-refractivity contribution in [3.63, 3.8) is 0 Å². The van der Waals surface area contributed by atoms with E-state index in [1.807, 2.05) is 0 Å². The van der Waals surface area contributed by atoms with Crippen LogP contribution in [0.15, 0.2) is 12.4 Å². The van der Waals surface area contributed by atoms with Crippen molar-refractivity contribution in [2.75, 3.05) is 37.7 Å². The fourth-order valence-corrected chi connectivity index (χ4v) is 2.49. The molecule has 116 valence electrons. The molecule has 0 spiro atoms. The molecule has 2 heterocycles. The van der Waals surface area contributed by atoms with Crippen LogP contribution < -0.4 is 10.2 Å². The van der Waals surface area contributed by atoms with Gasteiger partial charge in [0.15, 0.2) is 0 Å². The molecule has 0 aromatic carbocycles. The molecule has 1 N–H and O–H groups in total. The molecule has 0 amide bonds. The summed E-state index contributed by atoms with van der Waals surface area (Å²) >= 11 is 0. The van der Waals surface area contributed by atoms with Crippen molar-refractivity contribution >= 4 is 11.9 Å². The molecule has 2 rings (SSSR count). The monoisotopic (exact) mass is 292 g/mol. The van der Waals surface area contributed by atoms with Crippen LogP contribution in [0.2, 0.25) is 0 Å². The summed E-state index contributed by atoms with van der Waals surface area (Å²) in [6, 6.07) is 0. The Morgan fingerprint density at radius 2 is 2.00 bits per heavy atom. The third kappa shape index (κ3) is 4.39. The summed E-state index contributed by atoms with van der Waals surface area (Å²) in [5, 5.41) is 3.40. The van der Waals surface area contributed by atoms with E-state index in [1.54, 1.807) is 19.3 Å². The van der Waals surface area contributed by atoms with Gasteiger partial charge in [-0.25, -0.2) is 14.8 Å². The standard InChI is InChI=1S/C15H24N4O2/c1-3-16-9-12-5-7-19(8-6-12)15-17-10-13(11-18-15)14(20)21-4-2/h10-12,16H,3-9H2,1-2H3. The van der Waals surface area contributed by atoms with E-state index in [9.17, 15) is 4.79 Å². The normalized spacial score (nSPS) is 16.0. The smallest absolute Gasteiger partial charge is 0.341 e. The number of hydrogen-bond acceptors (Lipinski definition) is 6. The number of piperidine rings is 1. The van der Waals surface area contributed by atoms with E-state index in [0.29, 0.717) is 18.1 Å². The number of carbonyl (C=O) groups excluding carboxylic acids is 1. The van der Waals surface area contributed by atoms with Crippen molar-refractivity contribution in [1.82, 2.24) is 15.3 Å². The van der Waals surface area contributed by atoms with Crippen molar-refractivity contribution in [1.29, 1.82) is 0 Å². The molecule has 1 aliphatic heterocycles. The molecule has 0 unspecified atom stereocenters. The molecule has 6 heteroatoms. The summed E-state index contributed by atoms with van der Waals surface area (Å²) in [5.74, 6) is 1.07. The van der Waals surface area contributed by atoms with Crippen LogP contribution in [-0.4, -0.2) is 48.7 Å². The third-order valence-electron chi connectivity index (χ3n) is 3.73. The summed E-state index contributed by atoms with van der Waals surface area (Å²) in [4.78, 5) is 22.3. The lowest BCUT2D eigenvalue weighted by atomic mass is 9.97. The molecule has 21 heavy (non-hydrogen) atoms. The second-order valence-corrected chi connectivity index (χ2v) is 5.23. The number of aromatic nitrogens is 2. The minimum absolute atomic E-state index is 0.361. The number of rotatable bonds is 6. The van der Waals surface area contributed by atoms with Gasteiger partial charge in [-0.15, -0.1) is 0 Å². The van der Waals surface area contributed by atoms with E-state index < -0.39 is 0 Å². The van der Waals surface area contributed by atoms with Gasteiger partial charge in [0.05, 0.1) is 12.2 Å². The number of anilines is 1. The highest BCUT2D eigenvalue weighted by molar-refractivity contribution is 5.88. The predicted molar refractivity (Wildman–Crippen MR) is 81.5 cm³/mol. The van der Waals surface area contributed by atoms with E-state index in [0.717, 1.165) is 44.9 Å². The van der Waals surface area contributed by atoms with Crippen LogP contribution in [0.1, 0.15) is 37.0 Å². The molecule has 1 aromatic rings. The Morgan fingerprint density at radius 3 is 2.57 bits per heavy atom. The molecule has 1 aliphatic rings. The average molecular weight is 292 g/mol. The van der Waals surface area contributed by atoms with Crippen molar-refractivity contribution in [2.45, 2.75) is 26.7 Å². The Labute approximate surface area is 125 Å². The molecule has 1 saturated heterocycles. The molecule has 0 radical (unpaired) electrons. The van der Waals surface area contributed by atoms with Gasteiger partial charge in [-0.1, -0.05) is 6.92 Å². The third-order valence-corrected chi connectivity index (χ3v) is 3.73. The lowest BCUT2D eigenvalue weighted by Crippen LogP contribution is -2.38. The lowest BCUT2D eigenvalue weighted by Gasteiger charge is -2.32. The lowest BCUT2D eigenvalue weighted by molar-refractivity contribution is 0.0525. The first-order valence-electron chi connectivity index (χ1n) is 7.69. The van der Waals surface area contributed by atoms with Gasteiger partial charge in [0, 0.05) is 25.5 Å². The average Bonchev–Trinajstić information content (AvgIpc) is 2.54. The van der Waals surface area contributed by atoms with Crippen LogP contribution in [0.4, 0.5) is 5.95 Å². The fourth-order valence-electron chi connectivity index (χ4n) is 2.49. The zero-order valence-electron chi connectivity index (χ0n) is 12.8. The molecule has 0 aliphatic carbocycles.